The zero-order chi connectivity index (χ0) is 30.9. The van der Waals surface area contributed by atoms with Crippen molar-refractivity contribution >= 4 is 17.9 Å². The molecule has 0 radical (unpaired) electrons. The van der Waals surface area contributed by atoms with Gasteiger partial charge < -0.3 is 23.7 Å². The summed E-state index contributed by atoms with van der Waals surface area (Å²) in [6, 6.07) is 21.5. The van der Waals surface area contributed by atoms with Gasteiger partial charge in [-0.2, -0.15) is 4.39 Å². The molecule has 0 spiro atoms. The topological polar surface area (TPSA) is 97.4 Å². The van der Waals surface area contributed by atoms with Gasteiger partial charge in [-0.25, -0.2) is 9.59 Å². The van der Waals surface area contributed by atoms with Gasteiger partial charge in [0, 0.05) is 6.42 Å². The van der Waals surface area contributed by atoms with Gasteiger partial charge in [0.15, 0.2) is 0 Å². The smallest absolute Gasteiger partial charge is 0.366 e. The fraction of sp³-hybridized carbons (Fsp3) is 0.265. The van der Waals surface area contributed by atoms with Crippen molar-refractivity contribution in [3.8, 4) is 28.4 Å². The summed E-state index contributed by atoms with van der Waals surface area (Å²) in [5.74, 6) is -1.13. The molecule has 9 heteroatoms. The molecular weight excluding hydrogens is 555 g/mol. The third kappa shape index (κ3) is 11.8. The van der Waals surface area contributed by atoms with E-state index in [-0.39, 0.29) is 12.6 Å². The Morgan fingerprint density at radius 2 is 1.19 bits per heavy atom. The van der Waals surface area contributed by atoms with Crippen LogP contribution in [0.3, 0.4) is 0 Å². The van der Waals surface area contributed by atoms with Gasteiger partial charge in [0.2, 0.25) is 5.83 Å². The molecule has 0 aliphatic carbocycles. The highest BCUT2D eigenvalue weighted by atomic mass is 19.1. The van der Waals surface area contributed by atoms with Crippen LogP contribution < -0.4 is 14.2 Å². The van der Waals surface area contributed by atoms with Crippen LogP contribution in [0.4, 0.5) is 4.39 Å². The van der Waals surface area contributed by atoms with E-state index in [1.165, 1.54) is 0 Å². The molecule has 0 aliphatic heterocycles. The predicted molar refractivity (Wildman–Crippen MR) is 159 cm³/mol. The summed E-state index contributed by atoms with van der Waals surface area (Å²) in [5, 5.41) is 0. The number of esters is 3. The highest BCUT2D eigenvalue weighted by molar-refractivity contribution is 5.91. The van der Waals surface area contributed by atoms with E-state index in [2.05, 4.69) is 17.9 Å². The van der Waals surface area contributed by atoms with Gasteiger partial charge in [-0.05, 0) is 91.8 Å². The molecule has 0 heterocycles. The largest absolute Gasteiger partial charge is 0.494 e. The average Bonchev–Trinajstić information content (AvgIpc) is 3.01. The first-order valence-corrected chi connectivity index (χ1v) is 14.0. The van der Waals surface area contributed by atoms with Gasteiger partial charge in [0.25, 0.3) is 0 Å². The van der Waals surface area contributed by atoms with E-state index in [0.717, 1.165) is 36.7 Å². The van der Waals surface area contributed by atoms with Crippen LogP contribution in [0, 0.1) is 0 Å². The molecule has 0 fully saturated rings. The quantitative estimate of drug-likeness (QED) is 0.0498. The second-order valence-corrected chi connectivity index (χ2v) is 9.37. The molecule has 0 aliphatic rings. The Labute approximate surface area is 250 Å². The van der Waals surface area contributed by atoms with Gasteiger partial charge in [-0.3, -0.25) is 4.79 Å². The maximum absolute atomic E-state index is 12.6. The van der Waals surface area contributed by atoms with E-state index in [1.807, 2.05) is 36.4 Å². The second kappa shape index (κ2) is 17.8. The molecule has 3 aromatic rings. The van der Waals surface area contributed by atoms with Crippen molar-refractivity contribution in [3.05, 3.63) is 104 Å². The number of carbonyl (C=O) groups is 3. The molecule has 0 unspecified atom stereocenters. The van der Waals surface area contributed by atoms with Crippen molar-refractivity contribution in [1.29, 1.82) is 0 Å². The van der Waals surface area contributed by atoms with Crippen LogP contribution >= 0.6 is 0 Å². The monoisotopic (exact) mass is 590 g/mol. The van der Waals surface area contributed by atoms with Gasteiger partial charge in [0.05, 0.1) is 31.6 Å². The summed E-state index contributed by atoms with van der Waals surface area (Å²) in [4.78, 5) is 34.9. The molecule has 0 amide bonds. The van der Waals surface area contributed by atoms with Gasteiger partial charge in [-0.1, -0.05) is 37.4 Å². The fourth-order valence-electron chi connectivity index (χ4n) is 3.84. The molecule has 226 valence electrons. The van der Waals surface area contributed by atoms with Crippen LogP contribution in [0.25, 0.3) is 11.1 Å². The lowest BCUT2D eigenvalue weighted by Gasteiger charge is -2.09. The molecule has 43 heavy (non-hydrogen) atoms. The fourth-order valence-corrected chi connectivity index (χ4v) is 3.84. The SMILES string of the molecule is C=COC(=O)CCCCCOc1ccc(C(=O)Oc2ccc(-c3ccc(OCCCCOC(=O)C(=C)F)cc3)cc2)cc1. The highest BCUT2D eigenvalue weighted by Crippen LogP contribution is 2.25. The maximum Gasteiger partial charge on any atom is 0.366 e. The van der Waals surface area contributed by atoms with Crippen LogP contribution in [-0.4, -0.2) is 37.7 Å². The van der Waals surface area contributed by atoms with Crippen molar-refractivity contribution in [2.75, 3.05) is 19.8 Å². The Kier molecular flexibility index (Phi) is 13.5. The van der Waals surface area contributed by atoms with E-state index in [4.69, 9.17) is 18.9 Å². The van der Waals surface area contributed by atoms with Crippen LogP contribution in [0.15, 0.2) is 98.0 Å². The number of ether oxygens (including phenoxy) is 5. The van der Waals surface area contributed by atoms with Crippen molar-refractivity contribution < 1.29 is 42.5 Å². The lowest BCUT2D eigenvalue weighted by molar-refractivity contribution is -0.141. The van der Waals surface area contributed by atoms with Crippen LogP contribution in [0.5, 0.6) is 17.2 Å². The molecule has 8 nitrogen and oxygen atoms in total. The first kappa shape index (κ1) is 32.6. The number of hydrogen-bond donors (Lipinski definition) is 0. The van der Waals surface area contributed by atoms with Crippen LogP contribution in [0.1, 0.15) is 48.9 Å². The van der Waals surface area contributed by atoms with E-state index in [1.54, 1.807) is 36.4 Å². The summed E-state index contributed by atoms with van der Waals surface area (Å²) >= 11 is 0. The predicted octanol–water partition coefficient (Wildman–Crippen LogP) is 7.38. The summed E-state index contributed by atoms with van der Waals surface area (Å²) < 4.78 is 38.8. The zero-order valence-corrected chi connectivity index (χ0v) is 23.9. The van der Waals surface area contributed by atoms with E-state index in [0.29, 0.717) is 55.3 Å². The minimum absolute atomic E-state index is 0.109. The van der Waals surface area contributed by atoms with Crippen molar-refractivity contribution in [1.82, 2.24) is 0 Å². The highest BCUT2D eigenvalue weighted by Gasteiger charge is 2.10. The summed E-state index contributed by atoms with van der Waals surface area (Å²) in [7, 11) is 0. The minimum atomic E-state index is -1.10. The number of rotatable bonds is 18. The Balaban J connectivity index is 1.37. The van der Waals surface area contributed by atoms with Gasteiger partial charge >= 0.3 is 17.9 Å². The number of carbonyl (C=O) groups excluding carboxylic acids is 3. The maximum atomic E-state index is 12.6. The van der Waals surface area contributed by atoms with E-state index >= 15 is 0 Å². The van der Waals surface area contributed by atoms with Gasteiger partial charge in [0.1, 0.15) is 17.2 Å². The Bertz CT molecular complexity index is 1350. The Morgan fingerprint density at radius 3 is 1.74 bits per heavy atom. The zero-order valence-electron chi connectivity index (χ0n) is 23.9. The standard InChI is InChI=1S/C34H35FO8/c1-3-39-32(36)9-5-4-6-22-40-30-18-14-28(15-19-30)34(38)43-31-20-12-27(13-21-31)26-10-16-29(17-11-26)41-23-7-8-24-42-33(37)25(2)35/h3,10-21H,1-2,4-9,22-24H2. The van der Waals surface area contributed by atoms with E-state index in [9.17, 15) is 18.8 Å². The molecule has 3 rings (SSSR count). The number of halogens is 1. The molecule has 0 saturated carbocycles. The van der Waals surface area contributed by atoms with Crippen molar-refractivity contribution in [2.24, 2.45) is 0 Å². The molecule has 0 saturated heterocycles. The summed E-state index contributed by atoms with van der Waals surface area (Å²) in [6.45, 7) is 7.28. The Morgan fingerprint density at radius 1 is 0.674 bits per heavy atom. The molecule has 0 bridgehead atoms. The van der Waals surface area contributed by atoms with E-state index < -0.39 is 17.8 Å². The van der Waals surface area contributed by atoms with Gasteiger partial charge in [-0.15, -0.1) is 0 Å². The molecule has 0 aromatic heterocycles. The summed E-state index contributed by atoms with van der Waals surface area (Å²) in [5.41, 5.74) is 2.31. The molecule has 3 aromatic carbocycles. The van der Waals surface area contributed by atoms with Crippen molar-refractivity contribution in [3.63, 3.8) is 0 Å². The summed E-state index contributed by atoms with van der Waals surface area (Å²) in [6.07, 6.45) is 5.02. The first-order valence-electron chi connectivity index (χ1n) is 14.0. The molecular formula is C34H35FO8. The second-order valence-electron chi connectivity index (χ2n) is 9.37. The molecule has 0 N–H and O–H groups in total. The third-order valence-electron chi connectivity index (χ3n) is 6.11. The normalized spacial score (nSPS) is 10.3. The number of unbranched alkanes of at least 4 members (excludes halogenated alkanes) is 3. The van der Waals surface area contributed by atoms with Crippen LogP contribution in [0.2, 0.25) is 0 Å². The lowest BCUT2D eigenvalue weighted by Crippen LogP contribution is -2.08. The first-order chi connectivity index (χ1) is 20.9. The number of hydrogen-bond acceptors (Lipinski definition) is 8. The average molecular weight is 591 g/mol. The van der Waals surface area contributed by atoms with Crippen molar-refractivity contribution in [2.45, 2.75) is 38.5 Å². The minimum Gasteiger partial charge on any atom is -0.494 e. The number of benzene rings is 3. The molecule has 0 atom stereocenters. The Hall–Kier alpha value is -4.92. The van der Waals surface area contributed by atoms with Crippen LogP contribution in [-0.2, 0) is 19.1 Å². The third-order valence-corrected chi connectivity index (χ3v) is 6.11. The lowest BCUT2D eigenvalue weighted by atomic mass is 10.1.